The molecule has 1 aromatic heterocycles. The molecule has 1 amide bonds. The summed E-state index contributed by atoms with van der Waals surface area (Å²) in [5, 5.41) is 5.58. The van der Waals surface area contributed by atoms with Crippen LogP contribution in [0.1, 0.15) is 36.2 Å². The van der Waals surface area contributed by atoms with Crippen LogP contribution in [-0.2, 0) is 20.7 Å². The quantitative estimate of drug-likeness (QED) is 0.310. The fraction of sp³-hybridized carbons (Fsp3) is 0.250. The Morgan fingerprint density at radius 1 is 1.00 bits per heavy atom. The summed E-state index contributed by atoms with van der Waals surface area (Å²) >= 11 is 1.42. The Balaban J connectivity index is 1.52. The Kier molecular flexibility index (Phi) is 9.23. The van der Waals surface area contributed by atoms with Crippen LogP contribution in [0.3, 0.4) is 0 Å². The molecule has 3 heterocycles. The molecule has 0 saturated heterocycles. The standard InChI is InChI=1S/C32H32N4O5S/c1-4-41-31(38)28-29(21-10-6-5-7-11-21)35-32-36(30(28)22-13-14-25(39-2)26(18-22)40-3)24(20-42-32)19-27(37)34-17-15-23-12-8-9-16-33-23/h5-14,16,18,20,30H,4,15,17,19H2,1-3H3,(H,34,37). The summed E-state index contributed by atoms with van der Waals surface area (Å²) in [7, 11) is 3.14. The molecule has 216 valence electrons. The van der Waals surface area contributed by atoms with Crippen molar-refractivity contribution in [1.29, 1.82) is 0 Å². The number of carbonyl (C=O) groups is 2. The minimum absolute atomic E-state index is 0.106. The molecular weight excluding hydrogens is 552 g/mol. The molecular formula is C32H32N4O5S. The van der Waals surface area contributed by atoms with E-state index in [1.807, 2.05) is 77.0 Å². The molecule has 2 aliphatic rings. The van der Waals surface area contributed by atoms with Gasteiger partial charge < -0.3 is 24.4 Å². The lowest BCUT2D eigenvalue weighted by Crippen LogP contribution is -2.38. The Labute approximate surface area is 249 Å². The van der Waals surface area contributed by atoms with Crippen LogP contribution in [-0.4, -0.2) is 54.3 Å². The highest BCUT2D eigenvalue weighted by Gasteiger charge is 2.42. The maximum Gasteiger partial charge on any atom is 0.338 e. The number of hydrogen-bond acceptors (Lipinski definition) is 9. The topological polar surface area (TPSA) is 102 Å². The highest BCUT2D eigenvalue weighted by molar-refractivity contribution is 8.16. The number of thioether (sulfide) groups is 1. The lowest BCUT2D eigenvalue weighted by molar-refractivity contribution is -0.139. The van der Waals surface area contributed by atoms with Crippen molar-refractivity contribution in [3.8, 4) is 11.5 Å². The number of amidine groups is 1. The second-order valence-electron chi connectivity index (χ2n) is 9.45. The van der Waals surface area contributed by atoms with Crippen molar-refractivity contribution in [3.63, 3.8) is 0 Å². The van der Waals surface area contributed by atoms with Crippen LogP contribution in [0.4, 0.5) is 0 Å². The van der Waals surface area contributed by atoms with E-state index in [1.54, 1.807) is 27.3 Å². The summed E-state index contributed by atoms with van der Waals surface area (Å²) in [6.07, 6.45) is 2.47. The molecule has 0 aliphatic carbocycles. The minimum Gasteiger partial charge on any atom is -0.493 e. The van der Waals surface area contributed by atoms with Crippen molar-refractivity contribution < 1.29 is 23.8 Å². The average Bonchev–Trinajstić information content (AvgIpc) is 3.42. The molecule has 5 rings (SSSR count). The summed E-state index contributed by atoms with van der Waals surface area (Å²) in [6, 6.07) is 20.2. The fourth-order valence-corrected chi connectivity index (χ4v) is 5.85. The number of carbonyl (C=O) groups excluding carboxylic acids is 2. The first-order valence-electron chi connectivity index (χ1n) is 13.6. The molecule has 9 nitrogen and oxygen atoms in total. The molecule has 0 radical (unpaired) electrons. The average molecular weight is 585 g/mol. The number of methoxy groups -OCH3 is 2. The largest absolute Gasteiger partial charge is 0.493 e. The molecule has 0 saturated carbocycles. The van der Waals surface area contributed by atoms with Gasteiger partial charge in [-0.2, -0.15) is 0 Å². The van der Waals surface area contributed by atoms with E-state index in [-0.39, 0.29) is 18.9 Å². The smallest absolute Gasteiger partial charge is 0.338 e. The van der Waals surface area contributed by atoms with Gasteiger partial charge in [-0.25, -0.2) is 9.79 Å². The van der Waals surface area contributed by atoms with Gasteiger partial charge in [0.2, 0.25) is 5.91 Å². The van der Waals surface area contributed by atoms with Crippen LogP contribution >= 0.6 is 11.8 Å². The zero-order chi connectivity index (χ0) is 29.5. The number of nitrogens with zero attached hydrogens (tertiary/aromatic N) is 3. The van der Waals surface area contributed by atoms with Gasteiger partial charge in [-0.15, -0.1) is 0 Å². The number of benzene rings is 2. The van der Waals surface area contributed by atoms with Gasteiger partial charge in [0.05, 0.1) is 44.6 Å². The fourth-order valence-electron chi connectivity index (χ4n) is 4.93. The van der Waals surface area contributed by atoms with Crippen LogP contribution in [0, 0.1) is 0 Å². The number of rotatable bonds is 11. The van der Waals surface area contributed by atoms with Crippen LogP contribution in [0.2, 0.25) is 0 Å². The normalized spacial score (nSPS) is 15.9. The van der Waals surface area contributed by atoms with Crippen LogP contribution in [0.5, 0.6) is 11.5 Å². The van der Waals surface area contributed by atoms with Gasteiger partial charge in [0.25, 0.3) is 0 Å². The van der Waals surface area contributed by atoms with Crippen molar-refractivity contribution in [2.75, 3.05) is 27.4 Å². The Morgan fingerprint density at radius 2 is 1.79 bits per heavy atom. The van der Waals surface area contributed by atoms with E-state index < -0.39 is 12.0 Å². The van der Waals surface area contributed by atoms with E-state index in [1.165, 1.54) is 11.8 Å². The first-order valence-corrected chi connectivity index (χ1v) is 14.5. The summed E-state index contributed by atoms with van der Waals surface area (Å²) < 4.78 is 16.7. The van der Waals surface area contributed by atoms with Gasteiger partial charge in [-0.1, -0.05) is 54.2 Å². The van der Waals surface area contributed by atoms with Gasteiger partial charge in [-0.3, -0.25) is 9.78 Å². The van der Waals surface area contributed by atoms with Gasteiger partial charge in [-0.05, 0) is 42.2 Å². The Hall–Kier alpha value is -4.57. The number of ether oxygens (including phenoxy) is 3. The van der Waals surface area contributed by atoms with Crippen molar-refractivity contribution in [3.05, 3.63) is 106 Å². The molecule has 1 atom stereocenters. The summed E-state index contributed by atoms with van der Waals surface area (Å²) in [5.74, 6) is 0.471. The molecule has 1 unspecified atom stereocenters. The molecule has 2 aromatic carbocycles. The molecule has 3 aromatic rings. The van der Waals surface area contributed by atoms with E-state index in [9.17, 15) is 9.59 Å². The third kappa shape index (κ3) is 6.18. The second-order valence-corrected chi connectivity index (χ2v) is 10.3. The van der Waals surface area contributed by atoms with E-state index in [0.717, 1.165) is 22.5 Å². The van der Waals surface area contributed by atoms with Gasteiger partial charge >= 0.3 is 5.97 Å². The molecule has 0 bridgehead atoms. The van der Waals surface area contributed by atoms with Gasteiger partial charge in [0.1, 0.15) is 0 Å². The molecule has 42 heavy (non-hydrogen) atoms. The second kappa shape index (κ2) is 13.4. The number of fused-ring (bicyclic) bond motifs is 1. The number of nitrogens with one attached hydrogen (secondary N) is 1. The maximum atomic E-state index is 13.7. The van der Waals surface area contributed by atoms with Crippen LogP contribution in [0.15, 0.2) is 94.6 Å². The van der Waals surface area contributed by atoms with Crippen LogP contribution < -0.4 is 14.8 Å². The predicted octanol–water partition coefficient (Wildman–Crippen LogP) is 5.12. The van der Waals surface area contributed by atoms with Gasteiger partial charge in [0, 0.05) is 36.1 Å². The van der Waals surface area contributed by atoms with Gasteiger partial charge in [0.15, 0.2) is 16.7 Å². The molecule has 0 fully saturated rings. The molecule has 0 spiro atoms. The first-order chi connectivity index (χ1) is 20.5. The molecule has 2 aliphatic heterocycles. The predicted molar refractivity (Wildman–Crippen MR) is 163 cm³/mol. The van der Waals surface area contributed by atoms with Crippen molar-refractivity contribution >= 4 is 34.5 Å². The van der Waals surface area contributed by atoms with Crippen molar-refractivity contribution in [2.45, 2.75) is 25.8 Å². The van der Waals surface area contributed by atoms with E-state index in [4.69, 9.17) is 19.2 Å². The number of aromatic nitrogens is 1. The number of amides is 1. The van der Waals surface area contributed by atoms with Crippen molar-refractivity contribution in [1.82, 2.24) is 15.2 Å². The maximum absolute atomic E-state index is 13.7. The SMILES string of the molecule is CCOC(=O)C1=C(c2ccccc2)N=C2SC=C(CC(=O)NCCc3ccccn3)N2C1c1ccc(OC)c(OC)c1. The van der Waals surface area contributed by atoms with Crippen LogP contribution in [0.25, 0.3) is 5.70 Å². The van der Waals surface area contributed by atoms with E-state index in [0.29, 0.717) is 40.9 Å². The lowest BCUT2D eigenvalue weighted by Gasteiger charge is -2.37. The van der Waals surface area contributed by atoms with E-state index in [2.05, 4.69) is 10.3 Å². The first kappa shape index (κ1) is 28.9. The molecule has 10 heteroatoms. The number of pyridine rings is 1. The molecule has 1 N–H and O–H groups in total. The summed E-state index contributed by atoms with van der Waals surface area (Å²) in [5.41, 5.74) is 4.10. The lowest BCUT2D eigenvalue weighted by atomic mass is 9.91. The highest BCUT2D eigenvalue weighted by atomic mass is 32.2. The zero-order valence-corrected chi connectivity index (χ0v) is 24.5. The third-order valence-corrected chi connectivity index (χ3v) is 7.74. The zero-order valence-electron chi connectivity index (χ0n) is 23.7. The monoisotopic (exact) mass is 584 g/mol. The number of esters is 1. The minimum atomic E-state index is -0.630. The number of aliphatic imine (C=N–C) groups is 1. The summed E-state index contributed by atoms with van der Waals surface area (Å²) in [4.78, 5) is 38.0. The number of hydrogen-bond donors (Lipinski definition) is 1. The third-order valence-electron chi connectivity index (χ3n) is 6.85. The summed E-state index contributed by atoms with van der Waals surface area (Å²) in [6.45, 7) is 2.44. The van der Waals surface area contributed by atoms with Crippen molar-refractivity contribution in [2.24, 2.45) is 4.99 Å². The Bertz CT molecular complexity index is 1540. The van der Waals surface area contributed by atoms with E-state index >= 15 is 0 Å². The highest BCUT2D eigenvalue weighted by Crippen LogP contribution is 2.48. The Morgan fingerprint density at radius 3 is 2.50 bits per heavy atom.